The van der Waals surface area contributed by atoms with E-state index >= 15 is 0 Å². The molecular weight excluding hydrogens is 190 g/mol. The number of phenolic OH excluding ortho intramolecular Hbond substituents is 1. The van der Waals surface area contributed by atoms with Crippen LogP contribution in [0.3, 0.4) is 0 Å². The van der Waals surface area contributed by atoms with E-state index in [4.69, 9.17) is 10.2 Å². The highest BCUT2D eigenvalue weighted by Crippen LogP contribution is 2.35. The maximum absolute atomic E-state index is 9.80. The van der Waals surface area contributed by atoms with Crippen LogP contribution < -0.4 is 5.73 Å². The average Bonchev–Trinajstić information content (AvgIpc) is 2.58. The summed E-state index contributed by atoms with van der Waals surface area (Å²) >= 11 is 0. The van der Waals surface area contributed by atoms with Gasteiger partial charge in [0.15, 0.2) is 0 Å². The Hall–Kier alpha value is -1.90. The molecule has 3 heteroatoms. The van der Waals surface area contributed by atoms with Crippen molar-refractivity contribution < 1.29 is 9.52 Å². The molecular formula is C12H13NO2. The van der Waals surface area contributed by atoms with Crippen LogP contribution in [-0.2, 0) is 0 Å². The van der Waals surface area contributed by atoms with Gasteiger partial charge in [-0.1, -0.05) is 0 Å². The lowest BCUT2D eigenvalue weighted by molar-refractivity contribution is 0.474. The summed E-state index contributed by atoms with van der Waals surface area (Å²) in [7, 11) is 0. The van der Waals surface area contributed by atoms with Crippen molar-refractivity contribution in [2.45, 2.75) is 13.8 Å². The Morgan fingerprint density at radius 2 is 1.93 bits per heavy atom. The maximum Gasteiger partial charge on any atom is 0.149 e. The molecule has 3 nitrogen and oxygen atoms in total. The second kappa shape index (κ2) is 3.35. The molecule has 0 atom stereocenters. The van der Waals surface area contributed by atoms with Crippen LogP contribution in [0.4, 0.5) is 5.69 Å². The number of nitrogens with two attached hydrogens (primary N) is 1. The summed E-state index contributed by atoms with van der Waals surface area (Å²) in [6.07, 6.45) is 0. The molecule has 78 valence electrons. The van der Waals surface area contributed by atoms with Gasteiger partial charge in [-0.25, -0.2) is 0 Å². The minimum absolute atomic E-state index is 0.0787. The van der Waals surface area contributed by atoms with Gasteiger partial charge >= 0.3 is 0 Å². The highest BCUT2D eigenvalue weighted by Gasteiger charge is 2.11. The van der Waals surface area contributed by atoms with Crippen LogP contribution in [0.2, 0.25) is 0 Å². The van der Waals surface area contributed by atoms with Crippen LogP contribution in [0.15, 0.2) is 28.7 Å². The topological polar surface area (TPSA) is 59.4 Å². The summed E-state index contributed by atoms with van der Waals surface area (Å²) in [5, 5.41) is 9.80. The van der Waals surface area contributed by atoms with E-state index in [1.165, 1.54) is 0 Å². The molecule has 2 rings (SSSR count). The van der Waals surface area contributed by atoms with E-state index in [1.54, 1.807) is 6.07 Å². The molecule has 0 unspecified atom stereocenters. The maximum atomic E-state index is 9.80. The Balaban J connectivity index is 2.62. The number of rotatable bonds is 1. The Labute approximate surface area is 88.1 Å². The predicted molar refractivity (Wildman–Crippen MR) is 59.7 cm³/mol. The molecule has 1 aromatic carbocycles. The first kappa shape index (κ1) is 9.65. The number of benzene rings is 1. The fraction of sp³-hybridized carbons (Fsp3) is 0.167. The Morgan fingerprint density at radius 3 is 2.53 bits per heavy atom. The third kappa shape index (κ3) is 1.68. The zero-order valence-electron chi connectivity index (χ0n) is 8.74. The van der Waals surface area contributed by atoms with Crippen molar-refractivity contribution in [1.29, 1.82) is 0 Å². The van der Waals surface area contributed by atoms with Crippen molar-refractivity contribution in [1.82, 2.24) is 0 Å². The van der Waals surface area contributed by atoms with E-state index in [9.17, 15) is 5.11 Å². The molecule has 1 heterocycles. The van der Waals surface area contributed by atoms with E-state index in [0.29, 0.717) is 17.0 Å². The van der Waals surface area contributed by atoms with E-state index in [2.05, 4.69) is 0 Å². The lowest BCUT2D eigenvalue weighted by Crippen LogP contribution is -1.89. The normalized spacial score (nSPS) is 10.5. The smallest absolute Gasteiger partial charge is 0.149 e. The zero-order valence-corrected chi connectivity index (χ0v) is 8.74. The van der Waals surface area contributed by atoms with Crippen LogP contribution >= 0.6 is 0 Å². The van der Waals surface area contributed by atoms with Crippen molar-refractivity contribution >= 4 is 5.69 Å². The molecule has 0 aliphatic carbocycles. The number of anilines is 1. The minimum atomic E-state index is 0.0787. The summed E-state index contributed by atoms with van der Waals surface area (Å²) in [6.45, 7) is 3.79. The Morgan fingerprint density at radius 1 is 1.20 bits per heavy atom. The first-order chi connectivity index (χ1) is 7.08. The van der Waals surface area contributed by atoms with Gasteiger partial charge in [0.1, 0.15) is 17.3 Å². The van der Waals surface area contributed by atoms with Gasteiger partial charge in [0, 0.05) is 0 Å². The number of furan rings is 1. The molecule has 0 aliphatic heterocycles. The minimum Gasteiger partial charge on any atom is -0.505 e. The summed E-state index contributed by atoms with van der Waals surface area (Å²) in [6, 6.07) is 7.26. The van der Waals surface area contributed by atoms with Crippen LogP contribution in [0, 0.1) is 13.8 Å². The predicted octanol–water partition coefficient (Wildman–Crippen LogP) is 2.85. The van der Waals surface area contributed by atoms with E-state index in [0.717, 1.165) is 11.3 Å². The first-order valence-electron chi connectivity index (χ1n) is 4.74. The number of hydrogen-bond donors (Lipinski definition) is 2. The van der Waals surface area contributed by atoms with Crippen molar-refractivity contribution in [3.63, 3.8) is 0 Å². The van der Waals surface area contributed by atoms with Gasteiger partial charge in [-0.3, -0.25) is 0 Å². The van der Waals surface area contributed by atoms with Crippen LogP contribution in [0.25, 0.3) is 11.3 Å². The molecule has 1 aromatic heterocycles. The largest absolute Gasteiger partial charge is 0.505 e. The van der Waals surface area contributed by atoms with Crippen LogP contribution in [-0.4, -0.2) is 5.11 Å². The third-order valence-electron chi connectivity index (χ3n) is 2.29. The number of aryl methyl sites for hydroxylation is 2. The summed E-state index contributed by atoms with van der Waals surface area (Å²) in [5.41, 5.74) is 7.68. The van der Waals surface area contributed by atoms with E-state index in [-0.39, 0.29) is 5.75 Å². The Bertz CT molecular complexity index is 500. The monoisotopic (exact) mass is 203 g/mol. The van der Waals surface area contributed by atoms with Gasteiger partial charge in [-0.15, -0.1) is 0 Å². The lowest BCUT2D eigenvalue weighted by atomic mass is 10.1. The molecule has 3 N–H and O–H groups in total. The third-order valence-corrected chi connectivity index (χ3v) is 2.29. The summed E-state index contributed by atoms with van der Waals surface area (Å²) in [4.78, 5) is 0. The van der Waals surface area contributed by atoms with Crippen molar-refractivity contribution in [2.75, 3.05) is 5.73 Å². The van der Waals surface area contributed by atoms with Gasteiger partial charge < -0.3 is 15.3 Å². The summed E-state index contributed by atoms with van der Waals surface area (Å²) in [5.74, 6) is 1.53. The number of aromatic hydroxyl groups is 1. The second-order valence-electron chi connectivity index (χ2n) is 3.66. The standard InChI is InChI=1S/C12H13NO2/c1-7-5-9(12(14)10(13)6-7)11-4-3-8(2)15-11/h3-6,14H,13H2,1-2H3. The highest BCUT2D eigenvalue weighted by atomic mass is 16.3. The Kier molecular flexibility index (Phi) is 2.15. The van der Waals surface area contributed by atoms with Crippen molar-refractivity contribution in [3.8, 4) is 17.1 Å². The van der Waals surface area contributed by atoms with Gasteiger partial charge in [0.25, 0.3) is 0 Å². The van der Waals surface area contributed by atoms with Gasteiger partial charge in [0.2, 0.25) is 0 Å². The average molecular weight is 203 g/mol. The second-order valence-corrected chi connectivity index (χ2v) is 3.66. The number of hydrogen-bond acceptors (Lipinski definition) is 3. The van der Waals surface area contributed by atoms with Crippen LogP contribution in [0.1, 0.15) is 11.3 Å². The van der Waals surface area contributed by atoms with E-state index < -0.39 is 0 Å². The fourth-order valence-corrected chi connectivity index (χ4v) is 1.57. The number of nitrogen functional groups attached to an aromatic ring is 1. The molecule has 0 spiro atoms. The molecule has 0 saturated carbocycles. The zero-order chi connectivity index (χ0) is 11.0. The molecule has 0 saturated heterocycles. The molecule has 0 bridgehead atoms. The van der Waals surface area contributed by atoms with E-state index in [1.807, 2.05) is 32.0 Å². The summed E-state index contributed by atoms with van der Waals surface area (Å²) < 4.78 is 5.44. The first-order valence-corrected chi connectivity index (χ1v) is 4.74. The van der Waals surface area contributed by atoms with Gasteiger partial charge in [-0.05, 0) is 43.7 Å². The lowest BCUT2D eigenvalue weighted by Gasteiger charge is -2.06. The fourth-order valence-electron chi connectivity index (χ4n) is 1.57. The van der Waals surface area contributed by atoms with Gasteiger partial charge in [0.05, 0.1) is 11.3 Å². The molecule has 0 radical (unpaired) electrons. The molecule has 0 fully saturated rings. The molecule has 15 heavy (non-hydrogen) atoms. The molecule has 2 aromatic rings. The number of phenols is 1. The van der Waals surface area contributed by atoms with Crippen molar-refractivity contribution in [2.24, 2.45) is 0 Å². The van der Waals surface area contributed by atoms with Crippen LogP contribution in [0.5, 0.6) is 5.75 Å². The highest BCUT2D eigenvalue weighted by molar-refractivity contribution is 5.74. The van der Waals surface area contributed by atoms with Crippen molar-refractivity contribution in [3.05, 3.63) is 35.6 Å². The quantitative estimate of drug-likeness (QED) is 0.553. The molecule has 0 amide bonds. The SMILES string of the molecule is Cc1cc(N)c(O)c(-c2ccc(C)o2)c1. The molecule has 0 aliphatic rings. The van der Waals surface area contributed by atoms with Gasteiger partial charge in [-0.2, -0.15) is 0 Å².